The van der Waals surface area contributed by atoms with Crippen molar-refractivity contribution in [3.63, 3.8) is 0 Å². The summed E-state index contributed by atoms with van der Waals surface area (Å²) in [4.78, 5) is 16.7. The van der Waals surface area contributed by atoms with Crippen LogP contribution in [0.3, 0.4) is 0 Å². The van der Waals surface area contributed by atoms with E-state index in [0.29, 0.717) is 12.1 Å². The Morgan fingerprint density at radius 1 is 1.16 bits per heavy atom. The van der Waals surface area contributed by atoms with Crippen molar-refractivity contribution >= 4 is 5.97 Å². The van der Waals surface area contributed by atoms with Crippen molar-refractivity contribution in [1.29, 1.82) is 0 Å². The number of piperidine rings is 1. The smallest absolute Gasteiger partial charge is 0.310 e. The Labute approximate surface area is 115 Å². The fourth-order valence-corrected chi connectivity index (χ4v) is 4.45. The minimum Gasteiger partial charge on any atom is -0.481 e. The lowest BCUT2D eigenvalue weighted by molar-refractivity contribution is -0.148. The summed E-state index contributed by atoms with van der Waals surface area (Å²) in [5.74, 6) is -0.587. The molecule has 0 saturated carbocycles. The van der Waals surface area contributed by atoms with Gasteiger partial charge in [-0.3, -0.25) is 14.6 Å². The van der Waals surface area contributed by atoms with E-state index in [2.05, 4.69) is 9.80 Å². The van der Waals surface area contributed by atoms with Crippen LogP contribution >= 0.6 is 0 Å². The van der Waals surface area contributed by atoms with Crippen LogP contribution in [-0.2, 0) is 4.79 Å². The summed E-state index contributed by atoms with van der Waals surface area (Å²) in [6.45, 7) is 6.26. The highest BCUT2D eigenvalue weighted by Crippen LogP contribution is 2.39. The molecule has 3 atom stereocenters. The molecule has 0 aromatic rings. The zero-order valence-corrected chi connectivity index (χ0v) is 12.0. The fraction of sp³-hybridized carbons (Fsp3) is 0.933. The summed E-state index contributed by atoms with van der Waals surface area (Å²) >= 11 is 0. The van der Waals surface area contributed by atoms with Gasteiger partial charge in [-0.05, 0) is 45.2 Å². The van der Waals surface area contributed by atoms with Gasteiger partial charge >= 0.3 is 5.97 Å². The number of nitrogens with zero attached hydrogens (tertiary/aromatic N) is 2. The molecule has 108 valence electrons. The molecule has 0 spiro atoms. The molecule has 4 nitrogen and oxygen atoms in total. The number of fused-ring (bicyclic) bond motifs is 1. The average Bonchev–Trinajstić information content (AvgIpc) is 3.03. The molecule has 1 N–H and O–H groups in total. The van der Waals surface area contributed by atoms with E-state index in [9.17, 15) is 9.90 Å². The Bertz CT molecular complexity index is 360. The number of hydrogen-bond acceptors (Lipinski definition) is 3. The molecule has 19 heavy (non-hydrogen) atoms. The first-order chi connectivity index (χ1) is 9.16. The van der Waals surface area contributed by atoms with E-state index in [1.54, 1.807) is 0 Å². The predicted molar refractivity (Wildman–Crippen MR) is 74.2 cm³/mol. The number of likely N-dealkylation sites (tertiary alicyclic amines) is 1. The van der Waals surface area contributed by atoms with Crippen LogP contribution in [0.1, 0.15) is 45.4 Å². The molecule has 0 amide bonds. The van der Waals surface area contributed by atoms with Gasteiger partial charge < -0.3 is 5.11 Å². The van der Waals surface area contributed by atoms with E-state index in [0.717, 1.165) is 25.9 Å². The van der Waals surface area contributed by atoms with Gasteiger partial charge in [-0.2, -0.15) is 0 Å². The molecule has 3 heterocycles. The van der Waals surface area contributed by atoms with E-state index in [1.165, 1.54) is 38.8 Å². The van der Waals surface area contributed by atoms with Crippen LogP contribution in [0.15, 0.2) is 0 Å². The maximum absolute atomic E-state index is 11.6. The molecule has 0 aromatic heterocycles. The number of carboxylic acid groups (broad SMARTS) is 1. The van der Waals surface area contributed by atoms with E-state index >= 15 is 0 Å². The number of hydrogen-bond donors (Lipinski definition) is 1. The first kappa shape index (κ1) is 13.4. The molecule has 3 fully saturated rings. The molecule has 3 rings (SSSR count). The van der Waals surface area contributed by atoms with Crippen molar-refractivity contribution in [3.05, 3.63) is 0 Å². The number of aliphatic carboxylic acids is 1. The largest absolute Gasteiger partial charge is 0.481 e. The molecule has 0 bridgehead atoms. The summed E-state index contributed by atoms with van der Waals surface area (Å²) < 4.78 is 0. The molecule has 3 unspecified atom stereocenters. The van der Waals surface area contributed by atoms with E-state index in [1.807, 2.05) is 6.92 Å². The van der Waals surface area contributed by atoms with Crippen LogP contribution in [0.2, 0.25) is 0 Å². The third-order valence-electron chi connectivity index (χ3n) is 5.80. The summed E-state index contributed by atoms with van der Waals surface area (Å²) in [6, 6.07) is 1.32. The second-order valence-corrected chi connectivity index (χ2v) is 6.61. The minimum atomic E-state index is -0.587. The van der Waals surface area contributed by atoms with Crippen LogP contribution in [0, 0.1) is 5.41 Å². The predicted octanol–water partition coefficient (Wildman–Crippen LogP) is 1.80. The maximum atomic E-state index is 11.6. The maximum Gasteiger partial charge on any atom is 0.310 e. The Morgan fingerprint density at radius 2 is 1.95 bits per heavy atom. The first-order valence-electron chi connectivity index (χ1n) is 7.88. The quantitative estimate of drug-likeness (QED) is 0.846. The molecule has 3 saturated heterocycles. The lowest BCUT2D eigenvalue weighted by Gasteiger charge is -2.36. The van der Waals surface area contributed by atoms with Gasteiger partial charge in [-0.15, -0.1) is 0 Å². The Morgan fingerprint density at radius 3 is 2.63 bits per heavy atom. The van der Waals surface area contributed by atoms with Crippen LogP contribution in [0.4, 0.5) is 0 Å². The molecule has 3 aliphatic heterocycles. The van der Waals surface area contributed by atoms with Crippen LogP contribution in [0.5, 0.6) is 0 Å². The van der Waals surface area contributed by atoms with Crippen molar-refractivity contribution < 1.29 is 9.90 Å². The van der Waals surface area contributed by atoms with Crippen LogP contribution in [0.25, 0.3) is 0 Å². The highest BCUT2D eigenvalue weighted by atomic mass is 16.4. The van der Waals surface area contributed by atoms with Gasteiger partial charge in [0.05, 0.1) is 5.41 Å². The monoisotopic (exact) mass is 266 g/mol. The fourth-order valence-electron chi connectivity index (χ4n) is 4.45. The normalized spacial score (nSPS) is 40.5. The van der Waals surface area contributed by atoms with E-state index in [-0.39, 0.29) is 0 Å². The molecular weight excluding hydrogens is 240 g/mol. The van der Waals surface area contributed by atoms with Gasteiger partial charge in [0.1, 0.15) is 0 Å². The summed E-state index contributed by atoms with van der Waals surface area (Å²) in [5, 5.41) is 9.52. The highest BCUT2D eigenvalue weighted by Gasteiger charge is 2.48. The minimum absolute atomic E-state index is 0.470. The van der Waals surface area contributed by atoms with Crippen molar-refractivity contribution in [3.8, 4) is 0 Å². The van der Waals surface area contributed by atoms with Crippen molar-refractivity contribution in [2.24, 2.45) is 5.41 Å². The van der Waals surface area contributed by atoms with Gasteiger partial charge in [0.2, 0.25) is 0 Å². The second kappa shape index (κ2) is 5.06. The number of carbonyl (C=O) groups is 1. The van der Waals surface area contributed by atoms with E-state index < -0.39 is 11.4 Å². The summed E-state index contributed by atoms with van der Waals surface area (Å²) in [6.07, 6.45) is 6.85. The van der Waals surface area contributed by atoms with Gasteiger partial charge in [0.25, 0.3) is 0 Å². The molecule has 3 aliphatic rings. The first-order valence-corrected chi connectivity index (χ1v) is 7.88. The molecule has 0 aliphatic carbocycles. The van der Waals surface area contributed by atoms with Crippen molar-refractivity contribution in [2.45, 2.75) is 57.5 Å². The average molecular weight is 266 g/mol. The Hall–Kier alpha value is -0.610. The zero-order valence-electron chi connectivity index (χ0n) is 12.0. The third-order valence-corrected chi connectivity index (χ3v) is 5.80. The lowest BCUT2D eigenvalue weighted by Crippen LogP contribution is -2.47. The standard InChI is InChI=1S/C15H26N2O2/c1-2-15(14(18)19)7-10-17(11-15)13-6-9-16-8-4-3-5-12(13)16/h12-13H,2-11H2,1H3,(H,18,19). The Balaban J connectivity index is 1.69. The molecular formula is C15H26N2O2. The van der Waals surface area contributed by atoms with Gasteiger partial charge in [0.15, 0.2) is 0 Å². The Kier molecular flexibility index (Phi) is 3.56. The van der Waals surface area contributed by atoms with Gasteiger partial charge in [-0.1, -0.05) is 13.3 Å². The highest BCUT2D eigenvalue weighted by molar-refractivity contribution is 5.75. The third kappa shape index (κ3) is 2.19. The number of carboxylic acids is 1. The van der Waals surface area contributed by atoms with Crippen LogP contribution in [-0.4, -0.2) is 59.1 Å². The number of rotatable bonds is 3. The lowest BCUT2D eigenvalue weighted by atomic mass is 9.84. The topological polar surface area (TPSA) is 43.8 Å². The van der Waals surface area contributed by atoms with Crippen LogP contribution < -0.4 is 0 Å². The zero-order chi connectivity index (χ0) is 13.5. The SMILES string of the molecule is CCC1(C(=O)O)CCN(C2CCN3CCCCC23)C1. The summed E-state index contributed by atoms with van der Waals surface area (Å²) in [7, 11) is 0. The van der Waals surface area contributed by atoms with E-state index in [4.69, 9.17) is 0 Å². The van der Waals surface area contributed by atoms with Gasteiger partial charge in [-0.25, -0.2) is 0 Å². The molecule has 4 heteroatoms. The van der Waals surface area contributed by atoms with Crippen molar-refractivity contribution in [1.82, 2.24) is 9.80 Å². The molecule has 0 aromatic carbocycles. The van der Waals surface area contributed by atoms with Gasteiger partial charge in [0, 0.05) is 25.2 Å². The molecule has 0 radical (unpaired) electrons. The second-order valence-electron chi connectivity index (χ2n) is 6.61. The summed E-state index contributed by atoms with van der Waals surface area (Å²) in [5.41, 5.74) is -0.470. The van der Waals surface area contributed by atoms with Crippen molar-refractivity contribution in [2.75, 3.05) is 26.2 Å².